The molecule has 0 bridgehead atoms. The van der Waals surface area contributed by atoms with Gasteiger partial charge in [-0.05, 0) is 18.1 Å². The first-order chi connectivity index (χ1) is 9.69. The zero-order valence-corrected chi connectivity index (χ0v) is 14.3. The van der Waals surface area contributed by atoms with E-state index in [-0.39, 0.29) is 17.4 Å². The molecule has 9 heteroatoms. The lowest BCUT2D eigenvalue weighted by Crippen LogP contribution is -2.41. The predicted octanol–water partition coefficient (Wildman–Crippen LogP) is 2.31. The molecule has 0 saturated carbocycles. The maximum Gasteiger partial charge on any atom is 0.289 e. The Bertz CT molecular complexity index is 618. The van der Waals surface area contributed by atoms with E-state index < -0.39 is 26.7 Å². The molecule has 7 nitrogen and oxygen atoms in total. The van der Waals surface area contributed by atoms with Gasteiger partial charge in [0.15, 0.2) is 4.90 Å². The van der Waals surface area contributed by atoms with Gasteiger partial charge in [0.05, 0.1) is 11.5 Å². The highest BCUT2D eigenvalue weighted by molar-refractivity contribution is 9.10. The van der Waals surface area contributed by atoms with Crippen LogP contribution < -0.4 is 4.72 Å². The number of sulfonamides is 1. The van der Waals surface area contributed by atoms with Crippen molar-refractivity contribution < 1.29 is 18.1 Å². The smallest absolute Gasteiger partial charge is 0.289 e. The molecule has 118 valence electrons. The van der Waals surface area contributed by atoms with Crippen LogP contribution in [0.15, 0.2) is 27.6 Å². The Morgan fingerprint density at radius 1 is 1.43 bits per heavy atom. The highest BCUT2D eigenvalue weighted by Gasteiger charge is 2.29. The highest BCUT2D eigenvalue weighted by atomic mass is 79.9. The molecule has 1 aromatic rings. The normalized spacial score (nSPS) is 13.4. The number of rotatable bonds is 7. The third-order valence-electron chi connectivity index (χ3n) is 2.87. The number of halogens is 1. The van der Waals surface area contributed by atoms with Crippen LogP contribution in [-0.2, 0) is 14.8 Å². The number of nitrogens with one attached hydrogen (secondary N) is 1. The van der Waals surface area contributed by atoms with E-state index in [1.807, 2.05) is 13.8 Å². The van der Waals surface area contributed by atoms with Gasteiger partial charge >= 0.3 is 0 Å². The first-order valence-corrected chi connectivity index (χ1v) is 8.42. The summed E-state index contributed by atoms with van der Waals surface area (Å²) in [5.41, 5.74) is -0.467. The Morgan fingerprint density at radius 3 is 2.52 bits per heavy atom. The molecule has 0 aromatic heterocycles. The van der Waals surface area contributed by atoms with Crippen LogP contribution in [0.3, 0.4) is 0 Å². The number of hydrogen-bond donors (Lipinski definition) is 1. The molecule has 0 aliphatic heterocycles. The molecule has 0 spiro atoms. The van der Waals surface area contributed by atoms with Crippen LogP contribution in [0.4, 0.5) is 5.69 Å². The van der Waals surface area contributed by atoms with Crippen molar-refractivity contribution >= 4 is 31.6 Å². The third kappa shape index (κ3) is 4.73. The Balaban J connectivity index is 3.24. The summed E-state index contributed by atoms with van der Waals surface area (Å²) in [4.78, 5) is 9.91. The lowest BCUT2D eigenvalue weighted by molar-refractivity contribution is -0.387. The van der Waals surface area contributed by atoms with Crippen molar-refractivity contribution in [3.63, 3.8) is 0 Å². The second-order valence-electron chi connectivity index (χ2n) is 4.80. The quantitative estimate of drug-likeness (QED) is 0.577. The van der Waals surface area contributed by atoms with Gasteiger partial charge in [-0.25, -0.2) is 13.1 Å². The third-order valence-corrected chi connectivity index (χ3v) is 4.88. The maximum atomic E-state index is 12.4. The molecule has 1 N–H and O–H groups in total. The molecule has 0 fully saturated rings. The largest absolute Gasteiger partial charge is 0.383 e. The first kappa shape index (κ1) is 18.0. The summed E-state index contributed by atoms with van der Waals surface area (Å²) in [5, 5.41) is 11.0. The minimum Gasteiger partial charge on any atom is -0.383 e. The van der Waals surface area contributed by atoms with Crippen molar-refractivity contribution in [2.75, 3.05) is 13.7 Å². The molecular weight excluding hydrogens is 364 g/mol. The molecule has 0 heterocycles. The van der Waals surface area contributed by atoms with Crippen LogP contribution in [0.2, 0.25) is 0 Å². The lowest BCUT2D eigenvalue weighted by Gasteiger charge is -2.21. The molecule has 0 radical (unpaired) electrons. The number of hydrogen-bond acceptors (Lipinski definition) is 5. The summed E-state index contributed by atoms with van der Waals surface area (Å²) >= 11 is 3.12. The van der Waals surface area contributed by atoms with Gasteiger partial charge in [-0.15, -0.1) is 0 Å². The minimum absolute atomic E-state index is 0.0223. The van der Waals surface area contributed by atoms with Gasteiger partial charge in [0.25, 0.3) is 5.69 Å². The van der Waals surface area contributed by atoms with Crippen LogP contribution >= 0.6 is 15.9 Å². The van der Waals surface area contributed by atoms with E-state index in [2.05, 4.69) is 20.7 Å². The monoisotopic (exact) mass is 380 g/mol. The van der Waals surface area contributed by atoms with Crippen molar-refractivity contribution in [2.24, 2.45) is 5.92 Å². The van der Waals surface area contributed by atoms with Crippen molar-refractivity contribution in [3.8, 4) is 0 Å². The summed E-state index contributed by atoms with van der Waals surface area (Å²) in [6.07, 6.45) is 0. The number of nitrogens with zero attached hydrogens (tertiary/aromatic N) is 1. The minimum atomic E-state index is -4.03. The van der Waals surface area contributed by atoms with Crippen LogP contribution in [0, 0.1) is 16.0 Å². The van der Waals surface area contributed by atoms with Crippen molar-refractivity contribution in [1.82, 2.24) is 4.72 Å². The van der Waals surface area contributed by atoms with Gasteiger partial charge in [0, 0.05) is 23.7 Å². The standard InChI is InChI=1S/C12H17BrN2O5S/c1-8(2)10(7-20-3)14-21(18,19)12-6-9(13)4-5-11(12)15(16)17/h4-6,8,10,14H,7H2,1-3H3. The average Bonchev–Trinajstić information content (AvgIpc) is 2.37. The maximum absolute atomic E-state index is 12.4. The molecule has 1 aromatic carbocycles. The Morgan fingerprint density at radius 2 is 2.05 bits per heavy atom. The van der Waals surface area contributed by atoms with Gasteiger partial charge in [-0.3, -0.25) is 10.1 Å². The van der Waals surface area contributed by atoms with Crippen LogP contribution in [0.1, 0.15) is 13.8 Å². The fourth-order valence-electron chi connectivity index (χ4n) is 1.66. The van der Waals surface area contributed by atoms with E-state index >= 15 is 0 Å². The SMILES string of the molecule is COCC(NS(=O)(=O)c1cc(Br)ccc1[N+](=O)[O-])C(C)C. The summed E-state index contributed by atoms with van der Waals surface area (Å²) < 4.78 is 32.7. The Hall–Kier alpha value is -1.03. The second-order valence-corrected chi connectivity index (χ2v) is 7.39. The van der Waals surface area contributed by atoms with E-state index in [0.717, 1.165) is 6.07 Å². The van der Waals surface area contributed by atoms with E-state index in [1.54, 1.807) is 0 Å². The molecule has 0 aliphatic rings. The van der Waals surface area contributed by atoms with Crippen molar-refractivity contribution in [3.05, 3.63) is 32.8 Å². The van der Waals surface area contributed by atoms with E-state index in [9.17, 15) is 18.5 Å². The van der Waals surface area contributed by atoms with Crippen molar-refractivity contribution in [1.29, 1.82) is 0 Å². The van der Waals surface area contributed by atoms with Crippen LogP contribution in [0.5, 0.6) is 0 Å². The summed E-state index contributed by atoms with van der Waals surface area (Å²) in [6.45, 7) is 3.85. The molecule has 0 amide bonds. The molecule has 21 heavy (non-hydrogen) atoms. The number of benzene rings is 1. The van der Waals surface area contributed by atoms with Gasteiger partial charge in [-0.2, -0.15) is 0 Å². The fourth-order valence-corrected chi connectivity index (χ4v) is 3.74. The zero-order valence-electron chi connectivity index (χ0n) is 11.9. The van der Waals surface area contributed by atoms with Crippen LogP contribution in [0.25, 0.3) is 0 Å². The predicted molar refractivity (Wildman–Crippen MR) is 81.6 cm³/mol. The summed E-state index contributed by atoms with van der Waals surface area (Å²) in [5.74, 6) is -0.0223. The summed E-state index contributed by atoms with van der Waals surface area (Å²) in [7, 11) is -2.56. The molecular formula is C12H17BrN2O5S. The highest BCUT2D eigenvalue weighted by Crippen LogP contribution is 2.27. The first-order valence-electron chi connectivity index (χ1n) is 6.14. The number of methoxy groups -OCH3 is 1. The number of nitro groups is 1. The van der Waals surface area contributed by atoms with E-state index in [4.69, 9.17) is 4.74 Å². The van der Waals surface area contributed by atoms with Crippen LogP contribution in [-0.4, -0.2) is 33.1 Å². The van der Waals surface area contributed by atoms with Gasteiger partial charge in [0.2, 0.25) is 10.0 Å². The van der Waals surface area contributed by atoms with Gasteiger partial charge in [-0.1, -0.05) is 29.8 Å². The number of nitro benzene ring substituents is 1. The average molecular weight is 381 g/mol. The van der Waals surface area contributed by atoms with Crippen molar-refractivity contribution in [2.45, 2.75) is 24.8 Å². The molecule has 0 saturated heterocycles. The zero-order chi connectivity index (χ0) is 16.2. The molecule has 1 rings (SSSR count). The summed E-state index contributed by atoms with van der Waals surface area (Å²) in [6, 6.07) is 3.31. The number of ether oxygens (including phenoxy) is 1. The van der Waals surface area contributed by atoms with E-state index in [1.165, 1.54) is 19.2 Å². The lowest BCUT2D eigenvalue weighted by atomic mass is 10.1. The molecule has 0 aliphatic carbocycles. The van der Waals surface area contributed by atoms with Gasteiger partial charge in [0.1, 0.15) is 0 Å². The van der Waals surface area contributed by atoms with E-state index in [0.29, 0.717) is 4.47 Å². The van der Waals surface area contributed by atoms with Gasteiger partial charge < -0.3 is 4.74 Å². The molecule has 1 atom stereocenters. The fraction of sp³-hybridized carbons (Fsp3) is 0.500. The second kappa shape index (κ2) is 7.30. The Labute approximate surface area is 132 Å². The topological polar surface area (TPSA) is 98.5 Å². The Kier molecular flexibility index (Phi) is 6.26. The molecule has 1 unspecified atom stereocenters.